The number of aliphatic hydroxyl groups excluding tert-OH is 1. The fraction of sp³-hybridized carbons (Fsp3) is 0.625. The Hall–Kier alpha value is -0.940. The number of hydrogen-bond acceptors (Lipinski definition) is 4. The Morgan fingerprint density at radius 3 is 2.60 bits per heavy atom. The average Bonchev–Trinajstić information content (AvgIpc) is 2.38. The quantitative estimate of drug-likeness (QED) is 0.869. The molecule has 1 saturated heterocycles. The molecule has 0 radical (unpaired) electrons. The molecule has 0 bridgehead atoms. The SMILES string of the molecule is CC1(C)O[C@H](CCO)C[C@H](COCc2ccccc2)O1. The van der Waals surface area contributed by atoms with Crippen molar-refractivity contribution in [1.82, 2.24) is 0 Å². The van der Waals surface area contributed by atoms with E-state index in [4.69, 9.17) is 19.3 Å². The topological polar surface area (TPSA) is 47.9 Å². The number of ether oxygens (including phenoxy) is 3. The summed E-state index contributed by atoms with van der Waals surface area (Å²) in [6.45, 7) is 5.08. The third-order valence-electron chi connectivity index (χ3n) is 3.29. The molecular weight excluding hydrogens is 256 g/mol. The lowest BCUT2D eigenvalue weighted by Gasteiger charge is -2.40. The molecule has 1 aromatic carbocycles. The van der Waals surface area contributed by atoms with E-state index in [9.17, 15) is 0 Å². The smallest absolute Gasteiger partial charge is 0.163 e. The number of hydrogen-bond donors (Lipinski definition) is 1. The molecular formula is C16H24O4. The van der Waals surface area contributed by atoms with Crippen LogP contribution in [0.4, 0.5) is 0 Å². The Balaban J connectivity index is 1.79. The van der Waals surface area contributed by atoms with E-state index < -0.39 is 5.79 Å². The third-order valence-corrected chi connectivity index (χ3v) is 3.29. The zero-order valence-electron chi connectivity index (χ0n) is 12.2. The Kier molecular flexibility index (Phi) is 5.54. The molecule has 20 heavy (non-hydrogen) atoms. The molecule has 0 saturated carbocycles. The van der Waals surface area contributed by atoms with Crippen LogP contribution in [-0.4, -0.2) is 36.3 Å². The van der Waals surface area contributed by atoms with Crippen LogP contribution in [-0.2, 0) is 20.8 Å². The van der Waals surface area contributed by atoms with Crippen LogP contribution in [0.3, 0.4) is 0 Å². The predicted molar refractivity (Wildman–Crippen MR) is 76.2 cm³/mol. The summed E-state index contributed by atoms with van der Waals surface area (Å²) in [6, 6.07) is 10.1. The summed E-state index contributed by atoms with van der Waals surface area (Å²) in [5.74, 6) is -0.612. The highest BCUT2D eigenvalue weighted by atomic mass is 16.7. The van der Waals surface area contributed by atoms with Gasteiger partial charge in [-0.2, -0.15) is 0 Å². The monoisotopic (exact) mass is 280 g/mol. The van der Waals surface area contributed by atoms with E-state index in [2.05, 4.69) is 0 Å². The molecule has 0 aliphatic carbocycles. The molecule has 4 heteroatoms. The predicted octanol–water partition coefficient (Wildman–Crippen LogP) is 2.50. The zero-order valence-corrected chi connectivity index (χ0v) is 12.2. The van der Waals surface area contributed by atoms with Crippen LogP contribution < -0.4 is 0 Å². The first-order chi connectivity index (χ1) is 9.59. The van der Waals surface area contributed by atoms with Gasteiger partial charge in [0.1, 0.15) is 0 Å². The van der Waals surface area contributed by atoms with Crippen molar-refractivity contribution < 1.29 is 19.3 Å². The molecule has 1 heterocycles. The van der Waals surface area contributed by atoms with Crippen LogP contribution in [0.25, 0.3) is 0 Å². The molecule has 2 atom stereocenters. The van der Waals surface area contributed by atoms with Gasteiger partial charge in [-0.1, -0.05) is 30.3 Å². The van der Waals surface area contributed by atoms with Gasteiger partial charge in [-0.15, -0.1) is 0 Å². The molecule has 1 aliphatic heterocycles. The maximum Gasteiger partial charge on any atom is 0.163 e. The van der Waals surface area contributed by atoms with E-state index in [0.29, 0.717) is 19.6 Å². The molecule has 0 unspecified atom stereocenters. The van der Waals surface area contributed by atoms with Gasteiger partial charge in [0.15, 0.2) is 5.79 Å². The van der Waals surface area contributed by atoms with Crippen molar-refractivity contribution in [2.45, 2.75) is 51.3 Å². The first-order valence-corrected chi connectivity index (χ1v) is 7.17. The van der Waals surface area contributed by atoms with Crippen molar-refractivity contribution in [3.8, 4) is 0 Å². The lowest BCUT2D eigenvalue weighted by Crippen LogP contribution is -2.46. The Morgan fingerprint density at radius 2 is 1.90 bits per heavy atom. The minimum atomic E-state index is -0.612. The van der Waals surface area contributed by atoms with E-state index in [0.717, 1.165) is 12.0 Å². The van der Waals surface area contributed by atoms with Gasteiger partial charge in [-0.05, 0) is 25.8 Å². The van der Waals surface area contributed by atoms with E-state index in [1.165, 1.54) is 0 Å². The average molecular weight is 280 g/mol. The van der Waals surface area contributed by atoms with Gasteiger partial charge in [-0.3, -0.25) is 0 Å². The largest absolute Gasteiger partial charge is 0.396 e. The van der Waals surface area contributed by atoms with Crippen LogP contribution in [0, 0.1) is 0 Å². The summed E-state index contributed by atoms with van der Waals surface area (Å²) in [4.78, 5) is 0. The van der Waals surface area contributed by atoms with Crippen molar-refractivity contribution in [3.05, 3.63) is 35.9 Å². The molecule has 4 nitrogen and oxygen atoms in total. The Morgan fingerprint density at radius 1 is 1.20 bits per heavy atom. The minimum absolute atomic E-state index is 0.0130. The highest BCUT2D eigenvalue weighted by molar-refractivity contribution is 5.13. The number of aliphatic hydroxyl groups is 1. The van der Waals surface area contributed by atoms with Crippen molar-refractivity contribution in [2.75, 3.05) is 13.2 Å². The summed E-state index contributed by atoms with van der Waals surface area (Å²) in [5.41, 5.74) is 1.16. The Bertz CT molecular complexity index is 391. The standard InChI is InChI=1S/C16H24O4/c1-16(2)19-14(8-9-17)10-15(20-16)12-18-11-13-6-4-3-5-7-13/h3-7,14-15,17H,8-12H2,1-2H3/t14-,15-/m1/s1. The van der Waals surface area contributed by atoms with Crippen molar-refractivity contribution in [3.63, 3.8) is 0 Å². The van der Waals surface area contributed by atoms with Crippen LogP contribution in [0.15, 0.2) is 30.3 Å². The van der Waals surface area contributed by atoms with Crippen molar-refractivity contribution >= 4 is 0 Å². The van der Waals surface area contributed by atoms with E-state index in [-0.39, 0.29) is 18.8 Å². The fourth-order valence-electron chi connectivity index (χ4n) is 2.53. The van der Waals surface area contributed by atoms with Gasteiger partial charge in [0, 0.05) is 13.0 Å². The summed E-state index contributed by atoms with van der Waals surface area (Å²) >= 11 is 0. The molecule has 0 aromatic heterocycles. The van der Waals surface area contributed by atoms with Gasteiger partial charge in [0.2, 0.25) is 0 Å². The first-order valence-electron chi connectivity index (χ1n) is 7.17. The van der Waals surface area contributed by atoms with Gasteiger partial charge in [0.05, 0.1) is 25.4 Å². The first kappa shape index (κ1) is 15.4. The van der Waals surface area contributed by atoms with E-state index in [1.54, 1.807) is 0 Å². The summed E-state index contributed by atoms with van der Waals surface area (Å²) in [5, 5.41) is 9.05. The van der Waals surface area contributed by atoms with E-state index in [1.807, 2.05) is 44.2 Å². The minimum Gasteiger partial charge on any atom is -0.396 e. The maximum absolute atomic E-state index is 9.05. The molecule has 112 valence electrons. The Labute approximate surface area is 120 Å². The lowest BCUT2D eigenvalue weighted by atomic mass is 10.1. The normalized spacial score (nSPS) is 25.6. The van der Waals surface area contributed by atoms with Crippen LogP contribution in [0.1, 0.15) is 32.3 Å². The van der Waals surface area contributed by atoms with E-state index >= 15 is 0 Å². The highest BCUT2D eigenvalue weighted by Gasteiger charge is 2.35. The molecule has 0 spiro atoms. The summed E-state index contributed by atoms with van der Waals surface area (Å²) in [7, 11) is 0. The fourth-order valence-corrected chi connectivity index (χ4v) is 2.53. The van der Waals surface area contributed by atoms with Crippen molar-refractivity contribution in [2.24, 2.45) is 0 Å². The molecule has 2 rings (SSSR count). The summed E-state index contributed by atoms with van der Waals surface area (Å²) in [6.07, 6.45) is 1.45. The van der Waals surface area contributed by atoms with Crippen LogP contribution in [0.2, 0.25) is 0 Å². The highest BCUT2D eigenvalue weighted by Crippen LogP contribution is 2.28. The zero-order chi connectivity index (χ0) is 14.4. The number of rotatable bonds is 6. The second kappa shape index (κ2) is 7.18. The van der Waals surface area contributed by atoms with Gasteiger partial charge < -0.3 is 19.3 Å². The van der Waals surface area contributed by atoms with Gasteiger partial charge in [-0.25, -0.2) is 0 Å². The molecule has 0 amide bonds. The van der Waals surface area contributed by atoms with Crippen LogP contribution >= 0.6 is 0 Å². The van der Waals surface area contributed by atoms with Gasteiger partial charge in [0.25, 0.3) is 0 Å². The molecule has 1 aliphatic rings. The lowest BCUT2D eigenvalue weighted by molar-refractivity contribution is -0.307. The van der Waals surface area contributed by atoms with Crippen molar-refractivity contribution in [1.29, 1.82) is 0 Å². The second-order valence-electron chi connectivity index (χ2n) is 5.63. The molecule has 1 fully saturated rings. The second-order valence-corrected chi connectivity index (χ2v) is 5.63. The molecule has 1 N–H and O–H groups in total. The summed E-state index contributed by atoms with van der Waals surface area (Å²) < 4.78 is 17.4. The maximum atomic E-state index is 9.05. The van der Waals surface area contributed by atoms with Crippen LogP contribution in [0.5, 0.6) is 0 Å². The third kappa shape index (κ3) is 4.87. The van der Waals surface area contributed by atoms with Gasteiger partial charge >= 0.3 is 0 Å². The number of benzene rings is 1. The molecule has 1 aromatic rings.